The molecule has 7 nitrogen and oxygen atoms in total. The van der Waals surface area contributed by atoms with Crippen LogP contribution in [0.25, 0.3) is 0 Å². The van der Waals surface area contributed by atoms with Crippen LogP contribution >= 0.6 is 0 Å². The van der Waals surface area contributed by atoms with Crippen LogP contribution in [0.15, 0.2) is 12.2 Å². The van der Waals surface area contributed by atoms with Gasteiger partial charge in [0.15, 0.2) is 0 Å². The minimum Gasteiger partial charge on any atom is -0.496 e. The first-order chi connectivity index (χ1) is 14.5. The van der Waals surface area contributed by atoms with Crippen molar-refractivity contribution in [3.63, 3.8) is 0 Å². The standard InChI is InChI=1S/C21H24F3NO6/c1-5-30-15(26)9-7-11(2)6-8-13-17(25-20(28)21(22,23)24)16-14(10-31-19(16)27)12(3)18(13)29-4/h7,9,11H,5-6,8,10H2,1-4H3,(H,25,28)/b9-7+. The van der Waals surface area contributed by atoms with Crippen molar-refractivity contribution in [3.8, 4) is 5.75 Å². The van der Waals surface area contributed by atoms with Gasteiger partial charge in [0.1, 0.15) is 12.4 Å². The fourth-order valence-corrected chi connectivity index (χ4v) is 3.32. The average molecular weight is 443 g/mol. The summed E-state index contributed by atoms with van der Waals surface area (Å²) < 4.78 is 54.0. The van der Waals surface area contributed by atoms with Gasteiger partial charge in [0, 0.05) is 17.2 Å². The maximum atomic E-state index is 12.9. The molecule has 1 aliphatic heterocycles. The summed E-state index contributed by atoms with van der Waals surface area (Å²) in [5.74, 6) is -3.38. The van der Waals surface area contributed by atoms with Gasteiger partial charge in [0.2, 0.25) is 0 Å². The quantitative estimate of drug-likeness (QED) is 0.485. The maximum Gasteiger partial charge on any atom is 0.471 e. The molecule has 0 saturated carbocycles. The predicted octanol–water partition coefficient (Wildman–Crippen LogP) is 3.86. The summed E-state index contributed by atoms with van der Waals surface area (Å²) in [6.45, 7) is 5.28. The van der Waals surface area contributed by atoms with Crippen LogP contribution in [0.2, 0.25) is 0 Å². The summed E-state index contributed by atoms with van der Waals surface area (Å²) in [5, 5.41) is 1.84. The second-order valence-electron chi connectivity index (χ2n) is 7.02. The number of carbonyl (C=O) groups excluding carboxylic acids is 3. The molecule has 1 aromatic rings. The van der Waals surface area contributed by atoms with Gasteiger partial charge in [0.25, 0.3) is 0 Å². The van der Waals surface area contributed by atoms with E-state index in [1.165, 1.54) is 13.2 Å². The van der Waals surface area contributed by atoms with E-state index in [0.29, 0.717) is 17.5 Å². The minimum absolute atomic E-state index is 0.0966. The van der Waals surface area contributed by atoms with Gasteiger partial charge in [0.05, 0.1) is 25.0 Å². The molecule has 1 aliphatic rings. The molecule has 0 fully saturated rings. The molecule has 0 aromatic heterocycles. The van der Waals surface area contributed by atoms with Crippen LogP contribution in [0.3, 0.4) is 0 Å². The number of nitrogens with one attached hydrogen (secondary N) is 1. The number of rotatable bonds is 8. The van der Waals surface area contributed by atoms with Gasteiger partial charge in [-0.1, -0.05) is 13.0 Å². The van der Waals surface area contributed by atoms with Gasteiger partial charge >= 0.3 is 24.0 Å². The van der Waals surface area contributed by atoms with E-state index in [2.05, 4.69) is 0 Å². The number of allylic oxidation sites excluding steroid dienone is 1. The van der Waals surface area contributed by atoms with E-state index >= 15 is 0 Å². The summed E-state index contributed by atoms with van der Waals surface area (Å²) in [5.41, 5.74) is 0.826. The van der Waals surface area contributed by atoms with Crippen LogP contribution in [0.4, 0.5) is 18.9 Å². The molecule has 170 valence electrons. The number of carbonyl (C=O) groups is 3. The third-order valence-electron chi connectivity index (χ3n) is 4.87. The number of fused-ring (bicyclic) bond motifs is 1. The number of ether oxygens (including phenoxy) is 3. The third kappa shape index (κ3) is 5.56. The smallest absolute Gasteiger partial charge is 0.471 e. The summed E-state index contributed by atoms with van der Waals surface area (Å²) in [6, 6.07) is 0. The predicted molar refractivity (Wildman–Crippen MR) is 105 cm³/mol. The Kier molecular flexibility index (Phi) is 7.70. The van der Waals surface area contributed by atoms with Gasteiger partial charge in [-0.2, -0.15) is 13.2 Å². The fourth-order valence-electron chi connectivity index (χ4n) is 3.32. The Morgan fingerprint density at radius 2 is 2.00 bits per heavy atom. The van der Waals surface area contributed by atoms with E-state index < -0.39 is 24.0 Å². The second-order valence-corrected chi connectivity index (χ2v) is 7.02. The van der Waals surface area contributed by atoms with Crippen molar-refractivity contribution in [1.82, 2.24) is 0 Å². The lowest BCUT2D eigenvalue weighted by atomic mass is 9.91. The summed E-state index contributed by atoms with van der Waals surface area (Å²) in [7, 11) is 1.36. The number of esters is 2. The van der Waals surface area contributed by atoms with Crippen molar-refractivity contribution < 1.29 is 41.8 Å². The zero-order valence-electron chi connectivity index (χ0n) is 17.6. The van der Waals surface area contributed by atoms with E-state index in [9.17, 15) is 27.6 Å². The van der Waals surface area contributed by atoms with E-state index in [4.69, 9.17) is 14.2 Å². The van der Waals surface area contributed by atoms with E-state index in [0.717, 1.165) is 0 Å². The molecular weight excluding hydrogens is 419 g/mol. The normalized spacial score (nSPS) is 14.2. The topological polar surface area (TPSA) is 90.9 Å². The Morgan fingerprint density at radius 1 is 1.32 bits per heavy atom. The Bertz CT molecular complexity index is 908. The number of methoxy groups -OCH3 is 1. The van der Waals surface area contributed by atoms with Crippen LogP contribution in [-0.4, -0.2) is 37.7 Å². The number of benzene rings is 1. The first-order valence-electron chi connectivity index (χ1n) is 9.63. The molecule has 1 N–H and O–H groups in total. The Morgan fingerprint density at radius 3 is 2.58 bits per heavy atom. The molecule has 1 heterocycles. The fraction of sp³-hybridized carbons (Fsp3) is 0.476. The molecule has 0 aliphatic carbocycles. The lowest BCUT2D eigenvalue weighted by Gasteiger charge is -2.21. The molecule has 31 heavy (non-hydrogen) atoms. The summed E-state index contributed by atoms with van der Waals surface area (Å²) in [6.07, 6.45) is -1.67. The molecule has 0 bridgehead atoms. The van der Waals surface area contributed by atoms with Crippen molar-refractivity contribution >= 4 is 23.5 Å². The first-order valence-corrected chi connectivity index (χ1v) is 9.63. The number of hydrogen-bond acceptors (Lipinski definition) is 6. The molecule has 1 atom stereocenters. The van der Waals surface area contributed by atoms with E-state index in [1.54, 1.807) is 19.9 Å². The van der Waals surface area contributed by atoms with Crippen molar-refractivity contribution in [3.05, 3.63) is 34.4 Å². The van der Waals surface area contributed by atoms with Gasteiger partial charge < -0.3 is 19.5 Å². The largest absolute Gasteiger partial charge is 0.496 e. The molecule has 10 heteroatoms. The average Bonchev–Trinajstić information content (AvgIpc) is 3.08. The monoisotopic (exact) mass is 443 g/mol. The van der Waals surface area contributed by atoms with E-state index in [-0.39, 0.29) is 48.1 Å². The highest BCUT2D eigenvalue weighted by Gasteiger charge is 2.41. The first kappa shape index (κ1) is 24.2. The SMILES string of the molecule is CCOC(=O)/C=C/C(C)CCc1c(NC(=O)C(F)(F)F)c2c(c(C)c1OC)COC2=O. The highest BCUT2D eigenvalue weighted by molar-refractivity contribution is 6.06. The van der Waals surface area contributed by atoms with Gasteiger partial charge in [-0.15, -0.1) is 0 Å². The van der Waals surface area contributed by atoms with Gasteiger partial charge in [-0.05, 0) is 38.2 Å². The Balaban J connectivity index is 2.43. The lowest BCUT2D eigenvalue weighted by Crippen LogP contribution is -2.31. The minimum atomic E-state index is -5.14. The Labute approximate surface area is 177 Å². The zero-order valence-corrected chi connectivity index (χ0v) is 17.6. The number of amides is 1. The van der Waals surface area contributed by atoms with Crippen LogP contribution in [-0.2, 0) is 32.1 Å². The molecule has 1 amide bonds. The van der Waals surface area contributed by atoms with Crippen molar-refractivity contribution in [2.75, 3.05) is 19.0 Å². The van der Waals surface area contributed by atoms with Crippen LogP contribution in [0.1, 0.15) is 47.3 Å². The van der Waals surface area contributed by atoms with Crippen molar-refractivity contribution in [2.24, 2.45) is 5.92 Å². The summed E-state index contributed by atoms with van der Waals surface area (Å²) >= 11 is 0. The molecule has 0 radical (unpaired) electrons. The maximum absolute atomic E-state index is 12.9. The highest BCUT2D eigenvalue weighted by Crippen LogP contribution is 2.42. The number of halogens is 3. The molecule has 0 saturated heterocycles. The molecule has 1 unspecified atom stereocenters. The zero-order chi connectivity index (χ0) is 23.3. The van der Waals surface area contributed by atoms with Crippen molar-refractivity contribution in [1.29, 1.82) is 0 Å². The molecular formula is C21H24F3NO6. The number of cyclic esters (lactones) is 1. The third-order valence-corrected chi connectivity index (χ3v) is 4.87. The van der Waals surface area contributed by atoms with Gasteiger partial charge in [-0.3, -0.25) is 4.79 Å². The molecule has 2 rings (SSSR count). The molecule has 1 aromatic carbocycles. The number of anilines is 1. The highest BCUT2D eigenvalue weighted by atomic mass is 19.4. The van der Waals surface area contributed by atoms with E-state index in [1.807, 2.05) is 12.2 Å². The van der Waals surface area contributed by atoms with Crippen LogP contribution < -0.4 is 10.1 Å². The Hall–Kier alpha value is -3.04. The second kappa shape index (κ2) is 9.84. The summed E-state index contributed by atoms with van der Waals surface area (Å²) in [4.78, 5) is 35.4. The van der Waals surface area contributed by atoms with Crippen molar-refractivity contribution in [2.45, 2.75) is 46.4 Å². The number of alkyl halides is 3. The lowest BCUT2D eigenvalue weighted by molar-refractivity contribution is -0.167. The number of hydrogen-bond donors (Lipinski definition) is 1. The van der Waals surface area contributed by atoms with Crippen LogP contribution in [0.5, 0.6) is 5.75 Å². The molecule has 0 spiro atoms. The van der Waals surface area contributed by atoms with Crippen LogP contribution in [0, 0.1) is 12.8 Å². The van der Waals surface area contributed by atoms with Gasteiger partial charge in [-0.25, -0.2) is 9.59 Å².